The molecule has 0 amide bonds. The molecule has 0 aliphatic rings. The second kappa shape index (κ2) is 6.95. The maximum absolute atomic E-state index is 9.97. The summed E-state index contributed by atoms with van der Waals surface area (Å²) in [5.74, 6) is 0.555. The number of methoxy groups -OCH3 is 1. The number of thiophene rings is 1. The lowest BCUT2D eigenvalue weighted by Gasteiger charge is -2.11. The first kappa shape index (κ1) is 15.1. The fourth-order valence-corrected chi connectivity index (χ4v) is 2.85. The highest BCUT2D eigenvalue weighted by atomic mass is 35.5. The molecule has 0 aliphatic carbocycles. The van der Waals surface area contributed by atoms with Crippen molar-refractivity contribution in [1.29, 1.82) is 0 Å². The van der Waals surface area contributed by atoms with Gasteiger partial charge in [0.15, 0.2) is 11.5 Å². The van der Waals surface area contributed by atoms with Crippen molar-refractivity contribution in [3.05, 3.63) is 45.1 Å². The van der Waals surface area contributed by atoms with Crippen molar-refractivity contribution < 1.29 is 14.9 Å². The van der Waals surface area contributed by atoms with Gasteiger partial charge in [0.2, 0.25) is 0 Å². The summed E-state index contributed by atoms with van der Waals surface area (Å²) in [6.45, 7) is 0.970. The van der Waals surface area contributed by atoms with E-state index in [0.717, 1.165) is 10.4 Å². The van der Waals surface area contributed by atoms with E-state index in [4.69, 9.17) is 16.3 Å². The van der Waals surface area contributed by atoms with Gasteiger partial charge in [-0.1, -0.05) is 17.7 Å². The van der Waals surface area contributed by atoms with Crippen molar-refractivity contribution in [3.8, 4) is 11.5 Å². The molecule has 3 N–H and O–H groups in total. The van der Waals surface area contributed by atoms with Gasteiger partial charge in [-0.2, -0.15) is 0 Å². The second-order valence-corrected chi connectivity index (χ2v) is 6.04. The zero-order valence-electron chi connectivity index (χ0n) is 11.0. The number of nitrogens with one attached hydrogen (secondary N) is 1. The summed E-state index contributed by atoms with van der Waals surface area (Å²) in [6.07, 6.45) is -0.584. The number of phenols is 1. The van der Waals surface area contributed by atoms with E-state index in [0.29, 0.717) is 23.2 Å². The average molecular weight is 314 g/mol. The van der Waals surface area contributed by atoms with Gasteiger partial charge in [-0.25, -0.2) is 0 Å². The Morgan fingerprint density at radius 3 is 2.75 bits per heavy atom. The molecule has 0 aliphatic heterocycles. The Labute approximate surface area is 126 Å². The van der Waals surface area contributed by atoms with Gasteiger partial charge < -0.3 is 20.3 Å². The van der Waals surface area contributed by atoms with E-state index in [2.05, 4.69) is 5.32 Å². The van der Waals surface area contributed by atoms with Gasteiger partial charge >= 0.3 is 0 Å². The second-order valence-electron chi connectivity index (χ2n) is 4.29. The van der Waals surface area contributed by atoms with Crippen LogP contribution in [-0.4, -0.2) is 23.9 Å². The summed E-state index contributed by atoms with van der Waals surface area (Å²) in [7, 11) is 1.51. The first-order valence-corrected chi connectivity index (χ1v) is 7.29. The number of hydrogen-bond donors (Lipinski definition) is 3. The Kier molecular flexibility index (Phi) is 5.25. The summed E-state index contributed by atoms with van der Waals surface area (Å²) >= 11 is 7.20. The molecular formula is C14H16ClNO3S. The fourth-order valence-electron chi connectivity index (χ4n) is 1.81. The van der Waals surface area contributed by atoms with Crippen LogP contribution in [0, 0.1) is 0 Å². The lowest BCUT2D eigenvalue weighted by molar-refractivity contribution is 0.178. The molecule has 6 heteroatoms. The zero-order chi connectivity index (χ0) is 14.5. The highest BCUT2D eigenvalue weighted by Crippen LogP contribution is 2.27. The van der Waals surface area contributed by atoms with Crippen molar-refractivity contribution in [2.75, 3.05) is 13.7 Å². The molecule has 1 aromatic carbocycles. The predicted molar refractivity (Wildman–Crippen MR) is 80.7 cm³/mol. The van der Waals surface area contributed by atoms with Crippen LogP contribution in [0.25, 0.3) is 0 Å². The number of aliphatic hydroxyl groups is 1. The maximum atomic E-state index is 9.97. The molecule has 1 aromatic heterocycles. The van der Waals surface area contributed by atoms with Crippen LogP contribution in [0.1, 0.15) is 16.5 Å². The molecule has 20 heavy (non-hydrogen) atoms. The Morgan fingerprint density at radius 2 is 2.15 bits per heavy atom. The van der Waals surface area contributed by atoms with Crippen molar-refractivity contribution in [3.63, 3.8) is 0 Å². The van der Waals surface area contributed by atoms with Gasteiger partial charge in [0.05, 0.1) is 11.4 Å². The summed E-state index contributed by atoms with van der Waals surface area (Å²) in [5.41, 5.74) is 0.916. The van der Waals surface area contributed by atoms with E-state index < -0.39 is 6.10 Å². The molecule has 2 rings (SSSR count). The number of aliphatic hydroxyl groups excluding tert-OH is 1. The standard InChI is InChI=1S/C14H16ClNO3S/c1-19-12-3-2-9(6-10(12)17)7-16-8-11(18)13-4-5-14(15)20-13/h2-6,11,16-18H,7-8H2,1H3. The first-order chi connectivity index (χ1) is 9.60. The minimum atomic E-state index is -0.584. The smallest absolute Gasteiger partial charge is 0.160 e. The molecule has 0 saturated carbocycles. The molecule has 1 atom stereocenters. The Morgan fingerprint density at radius 1 is 1.35 bits per heavy atom. The number of halogens is 1. The third-order valence-corrected chi connectivity index (χ3v) is 4.16. The molecule has 4 nitrogen and oxygen atoms in total. The molecular weight excluding hydrogens is 298 g/mol. The molecule has 0 saturated heterocycles. The summed E-state index contributed by atoms with van der Waals surface area (Å²) in [4.78, 5) is 0.833. The van der Waals surface area contributed by atoms with E-state index in [1.54, 1.807) is 18.2 Å². The van der Waals surface area contributed by atoms with Crippen LogP contribution in [0.4, 0.5) is 0 Å². The number of ether oxygens (including phenoxy) is 1. The molecule has 1 heterocycles. The largest absolute Gasteiger partial charge is 0.504 e. The van der Waals surface area contributed by atoms with E-state index in [1.807, 2.05) is 12.1 Å². The van der Waals surface area contributed by atoms with Crippen LogP contribution in [0.15, 0.2) is 30.3 Å². The minimum absolute atomic E-state index is 0.109. The Bertz CT molecular complexity index is 573. The predicted octanol–water partition coefficient (Wildman–Crippen LogP) is 2.94. The maximum Gasteiger partial charge on any atom is 0.160 e. The normalized spacial score (nSPS) is 12.3. The lowest BCUT2D eigenvalue weighted by Crippen LogP contribution is -2.20. The molecule has 0 radical (unpaired) electrons. The summed E-state index contributed by atoms with van der Waals surface area (Å²) in [6, 6.07) is 8.80. The number of rotatable bonds is 6. The number of benzene rings is 1. The fraction of sp³-hybridized carbons (Fsp3) is 0.286. The molecule has 0 fully saturated rings. The van der Waals surface area contributed by atoms with Gasteiger partial charge in [0.25, 0.3) is 0 Å². The van der Waals surface area contributed by atoms with Crippen molar-refractivity contribution in [1.82, 2.24) is 5.32 Å². The minimum Gasteiger partial charge on any atom is -0.504 e. The van der Waals surface area contributed by atoms with E-state index in [9.17, 15) is 10.2 Å². The third kappa shape index (κ3) is 3.86. The van der Waals surface area contributed by atoms with E-state index in [-0.39, 0.29) is 5.75 Å². The highest BCUT2D eigenvalue weighted by Gasteiger charge is 2.10. The van der Waals surface area contributed by atoms with E-state index >= 15 is 0 Å². The molecule has 2 aromatic rings. The molecule has 0 bridgehead atoms. The van der Waals surface area contributed by atoms with Crippen LogP contribution in [0.5, 0.6) is 11.5 Å². The van der Waals surface area contributed by atoms with Gasteiger partial charge in [0, 0.05) is 18.0 Å². The molecule has 1 unspecified atom stereocenters. The van der Waals surface area contributed by atoms with Crippen LogP contribution in [-0.2, 0) is 6.54 Å². The van der Waals surface area contributed by atoms with Gasteiger partial charge in [-0.15, -0.1) is 11.3 Å². The lowest BCUT2D eigenvalue weighted by atomic mass is 10.2. The van der Waals surface area contributed by atoms with Crippen molar-refractivity contribution in [2.45, 2.75) is 12.6 Å². The average Bonchev–Trinajstić information content (AvgIpc) is 2.85. The zero-order valence-corrected chi connectivity index (χ0v) is 12.5. The molecule has 0 spiro atoms. The van der Waals surface area contributed by atoms with Crippen LogP contribution in [0.2, 0.25) is 4.34 Å². The van der Waals surface area contributed by atoms with Crippen LogP contribution < -0.4 is 10.1 Å². The summed E-state index contributed by atoms with van der Waals surface area (Å²) < 4.78 is 5.65. The first-order valence-electron chi connectivity index (χ1n) is 6.10. The number of aromatic hydroxyl groups is 1. The highest BCUT2D eigenvalue weighted by molar-refractivity contribution is 7.16. The van der Waals surface area contributed by atoms with E-state index in [1.165, 1.54) is 18.4 Å². The number of hydrogen-bond acceptors (Lipinski definition) is 5. The Hall–Kier alpha value is -1.27. The van der Waals surface area contributed by atoms with Crippen LogP contribution in [0.3, 0.4) is 0 Å². The monoisotopic (exact) mass is 313 g/mol. The summed E-state index contributed by atoms with van der Waals surface area (Å²) in [5, 5.41) is 22.8. The Balaban J connectivity index is 1.85. The van der Waals surface area contributed by atoms with Gasteiger partial charge in [-0.05, 0) is 29.8 Å². The SMILES string of the molecule is COc1ccc(CNCC(O)c2ccc(Cl)s2)cc1O. The van der Waals surface area contributed by atoms with Gasteiger partial charge in [-0.3, -0.25) is 0 Å². The molecule has 108 valence electrons. The van der Waals surface area contributed by atoms with Crippen LogP contribution >= 0.6 is 22.9 Å². The number of phenolic OH excluding ortho intramolecular Hbond substituents is 1. The third-order valence-electron chi connectivity index (χ3n) is 2.83. The topological polar surface area (TPSA) is 61.7 Å². The quantitative estimate of drug-likeness (QED) is 0.767. The van der Waals surface area contributed by atoms with Gasteiger partial charge in [0.1, 0.15) is 6.10 Å². The van der Waals surface area contributed by atoms with Crippen molar-refractivity contribution >= 4 is 22.9 Å². The van der Waals surface area contributed by atoms with Crippen molar-refractivity contribution in [2.24, 2.45) is 0 Å².